The van der Waals surface area contributed by atoms with Crippen molar-refractivity contribution in [3.8, 4) is 34.0 Å². The Balaban J connectivity index is 1.46. The SMILES string of the molecule is COc1cccc(-c2cnc(N)c(-c3ccc(NC(=O)c4c(C)n(C)n(-c5ccccc5)c4=O)cc3C)n2)c1F. The molecule has 0 spiro atoms. The number of nitrogens with one attached hydrogen (secondary N) is 1. The number of rotatable bonds is 6. The highest BCUT2D eigenvalue weighted by Crippen LogP contribution is 2.32. The zero-order chi connectivity index (χ0) is 28.6. The van der Waals surface area contributed by atoms with E-state index in [4.69, 9.17) is 10.5 Å². The van der Waals surface area contributed by atoms with E-state index in [0.717, 1.165) is 5.56 Å². The number of nitrogens with two attached hydrogens (primary N) is 1. The first-order chi connectivity index (χ1) is 19.2. The van der Waals surface area contributed by atoms with Crippen LogP contribution in [0.2, 0.25) is 0 Å². The summed E-state index contributed by atoms with van der Waals surface area (Å²) in [5.41, 5.74) is 9.78. The lowest BCUT2D eigenvalue weighted by atomic mass is 10.0. The third kappa shape index (κ3) is 4.60. The molecule has 0 fully saturated rings. The largest absolute Gasteiger partial charge is 0.494 e. The molecule has 3 aromatic carbocycles. The van der Waals surface area contributed by atoms with Crippen LogP contribution < -0.4 is 21.3 Å². The summed E-state index contributed by atoms with van der Waals surface area (Å²) in [6, 6.07) is 19.1. The Morgan fingerprint density at radius 3 is 2.48 bits per heavy atom. The Kier molecular flexibility index (Phi) is 6.91. The number of ether oxygens (including phenoxy) is 1. The number of nitrogen functional groups attached to an aromatic ring is 1. The molecule has 2 heterocycles. The highest BCUT2D eigenvalue weighted by molar-refractivity contribution is 6.05. The number of aryl methyl sites for hydroxylation is 1. The van der Waals surface area contributed by atoms with Gasteiger partial charge in [-0.2, -0.15) is 0 Å². The van der Waals surface area contributed by atoms with Gasteiger partial charge >= 0.3 is 0 Å². The van der Waals surface area contributed by atoms with Crippen molar-refractivity contribution in [1.29, 1.82) is 0 Å². The van der Waals surface area contributed by atoms with E-state index in [2.05, 4.69) is 15.3 Å². The smallest absolute Gasteiger partial charge is 0.284 e. The number of carbonyl (C=O) groups excluding carboxylic acids is 1. The molecule has 2 aromatic heterocycles. The number of halogens is 1. The fraction of sp³-hybridized carbons (Fsp3) is 0.133. The van der Waals surface area contributed by atoms with Gasteiger partial charge in [-0.25, -0.2) is 19.0 Å². The fourth-order valence-electron chi connectivity index (χ4n) is 4.62. The van der Waals surface area contributed by atoms with Crippen LogP contribution in [0.3, 0.4) is 0 Å². The first kappa shape index (κ1) is 26.4. The van der Waals surface area contributed by atoms with Gasteiger partial charge in [0.1, 0.15) is 17.1 Å². The van der Waals surface area contributed by atoms with E-state index >= 15 is 0 Å². The minimum atomic E-state index is -0.549. The van der Waals surface area contributed by atoms with Gasteiger partial charge in [0.2, 0.25) is 0 Å². The average Bonchev–Trinajstić information content (AvgIpc) is 3.17. The van der Waals surface area contributed by atoms with Crippen molar-refractivity contribution in [3.63, 3.8) is 0 Å². The van der Waals surface area contributed by atoms with E-state index in [0.29, 0.717) is 34.0 Å². The minimum absolute atomic E-state index is 0.0520. The highest BCUT2D eigenvalue weighted by atomic mass is 19.1. The number of methoxy groups -OCH3 is 1. The monoisotopic (exact) mass is 538 g/mol. The lowest BCUT2D eigenvalue weighted by Crippen LogP contribution is -2.25. The minimum Gasteiger partial charge on any atom is -0.494 e. The van der Waals surface area contributed by atoms with Crippen LogP contribution in [0.5, 0.6) is 5.75 Å². The first-order valence-electron chi connectivity index (χ1n) is 12.4. The van der Waals surface area contributed by atoms with Crippen molar-refractivity contribution in [2.24, 2.45) is 7.05 Å². The van der Waals surface area contributed by atoms with Gasteiger partial charge in [-0.3, -0.25) is 14.3 Å². The summed E-state index contributed by atoms with van der Waals surface area (Å²) in [6.45, 7) is 3.56. The molecule has 0 unspecified atom stereocenters. The van der Waals surface area contributed by atoms with Crippen molar-refractivity contribution < 1.29 is 13.9 Å². The van der Waals surface area contributed by atoms with E-state index in [1.54, 1.807) is 61.1 Å². The van der Waals surface area contributed by atoms with Crippen LogP contribution in [0, 0.1) is 19.7 Å². The number of nitrogens with zero attached hydrogens (tertiary/aromatic N) is 4. The number of hydrogen-bond donors (Lipinski definition) is 2. The van der Waals surface area contributed by atoms with Gasteiger partial charge in [0.05, 0.1) is 30.4 Å². The van der Waals surface area contributed by atoms with E-state index in [1.165, 1.54) is 24.1 Å². The molecule has 3 N–H and O–H groups in total. The maximum atomic E-state index is 14.9. The van der Waals surface area contributed by atoms with Crippen LogP contribution in [0.1, 0.15) is 21.6 Å². The molecule has 0 radical (unpaired) electrons. The zero-order valence-corrected chi connectivity index (χ0v) is 22.4. The standard InChI is InChI=1S/C30H27FN6O3/c1-17-15-19(34-29(38)25-18(2)36(3)37(30(25)39)20-9-6-5-7-10-20)13-14-21(17)27-28(32)33-16-23(35-27)22-11-8-12-24(40-4)26(22)31/h5-16H,1-4H3,(H2,32,33)(H,34,38). The number of benzene rings is 3. The van der Waals surface area contributed by atoms with Crippen molar-refractivity contribution >= 4 is 17.4 Å². The highest BCUT2D eigenvalue weighted by Gasteiger charge is 2.23. The van der Waals surface area contributed by atoms with Crippen LogP contribution in [0.4, 0.5) is 15.9 Å². The molecule has 10 heteroatoms. The predicted octanol–water partition coefficient (Wildman–Crippen LogP) is 4.90. The summed E-state index contributed by atoms with van der Waals surface area (Å²) >= 11 is 0. The molecule has 202 valence electrons. The van der Waals surface area contributed by atoms with Crippen LogP contribution in [-0.2, 0) is 7.05 Å². The maximum Gasteiger partial charge on any atom is 0.284 e. The van der Waals surface area contributed by atoms with Gasteiger partial charge in [-0.15, -0.1) is 0 Å². The Morgan fingerprint density at radius 2 is 1.77 bits per heavy atom. The lowest BCUT2D eigenvalue weighted by Gasteiger charge is -2.13. The number of aromatic nitrogens is 4. The summed E-state index contributed by atoms with van der Waals surface area (Å²) in [5.74, 6) is -0.798. The molecule has 0 aliphatic rings. The molecule has 0 atom stereocenters. The zero-order valence-electron chi connectivity index (χ0n) is 22.4. The quantitative estimate of drug-likeness (QED) is 0.318. The van der Waals surface area contributed by atoms with Crippen LogP contribution >= 0.6 is 0 Å². The Labute approximate surface area is 229 Å². The molecular weight excluding hydrogens is 511 g/mol. The molecule has 40 heavy (non-hydrogen) atoms. The molecule has 0 aliphatic heterocycles. The van der Waals surface area contributed by atoms with Gasteiger partial charge in [0, 0.05) is 23.9 Å². The van der Waals surface area contributed by atoms with E-state index < -0.39 is 17.3 Å². The lowest BCUT2D eigenvalue weighted by molar-refractivity contribution is 0.102. The fourth-order valence-corrected chi connectivity index (χ4v) is 4.62. The molecule has 9 nitrogen and oxygen atoms in total. The average molecular weight is 539 g/mol. The summed E-state index contributed by atoms with van der Waals surface area (Å²) in [5, 5.41) is 2.83. The first-order valence-corrected chi connectivity index (χ1v) is 12.4. The Hall–Kier alpha value is -5.25. The van der Waals surface area contributed by atoms with Gasteiger partial charge in [0.25, 0.3) is 11.5 Å². The third-order valence-corrected chi connectivity index (χ3v) is 6.78. The van der Waals surface area contributed by atoms with E-state index in [9.17, 15) is 14.0 Å². The molecule has 0 saturated heterocycles. The van der Waals surface area contributed by atoms with Crippen molar-refractivity contribution in [1.82, 2.24) is 19.3 Å². The molecule has 0 bridgehead atoms. The van der Waals surface area contributed by atoms with Crippen LogP contribution in [0.15, 0.2) is 77.7 Å². The van der Waals surface area contributed by atoms with Crippen molar-refractivity contribution in [2.75, 3.05) is 18.2 Å². The number of amides is 1. The molecule has 5 rings (SSSR count). The molecular formula is C30H27FN6O3. The summed E-state index contributed by atoms with van der Waals surface area (Å²) in [7, 11) is 3.13. The molecule has 0 aliphatic carbocycles. The van der Waals surface area contributed by atoms with Crippen LogP contribution in [-0.4, -0.2) is 32.3 Å². The number of para-hydroxylation sites is 1. The van der Waals surface area contributed by atoms with Gasteiger partial charge < -0.3 is 15.8 Å². The van der Waals surface area contributed by atoms with Crippen LogP contribution in [0.25, 0.3) is 28.2 Å². The Morgan fingerprint density at radius 1 is 1.02 bits per heavy atom. The van der Waals surface area contributed by atoms with Gasteiger partial charge in [-0.1, -0.05) is 30.3 Å². The van der Waals surface area contributed by atoms with E-state index in [-0.39, 0.29) is 22.7 Å². The number of carbonyl (C=O) groups is 1. The topological polar surface area (TPSA) is 117 Å². The second-order valence-electron chi connectivity index (χ2n) is 9.23. The third-order valence-electron chi connectivity index (χ3n) is 6.78. The number of hydrogen-bond acceptors (Lipinski definition) is 6. The van der Waals surface area contributed by atoms with Crippen molar-refractivity contribution in [2.45, 2.75) is 13.8 Å². The second-order valence-corrected chi connectivity index (χ2v) is 9.23. The summed E-state index contributed by atoms with van der Waals surface area (Å²) in [4.78, 5) is 35.3. The number of anilines is 2. The van der Waals surface area contributed by atoms with Crippen molar-refractivity contribution in [3.05, 3.63) is 106 Å². The maximum absolute atomic E-state index is 14.9. The molecule has 1 amide bonds. The van der Waals surface area contributed by atoms with Gasteiger partial charge in [-0.05, 0) is 55.8 Å². The Bertz CT molecular complexity index is 1810. The predicted molar refractivity (Wildman–Crippen MR) is 152 cm³/mol. The molecule has 5 aromatic rings. The van der Waals surface area contributed by atoms with Gasteiger partial charge in [0.15, 0.2) is 11.6 Å². The molecule has 0 saturated carbocycles. The summed E-state index contributed by atoms with van der Waals surface area (Å²) in [6.07, 6.45) is 1.41. The summed E-state index contributed by atoms with van der Waals surface area (Å²) < 4.78 is 23.1. The van der Waals surface area contributed by atoms with E-state index in [1.807, 2.05) is 25.1 Å². The second kappa shape index (κ2) is 10.5. The normalized spacial score (nSPS) is 10.9.